The smallest absolute Gasteiger partial charge is 0.319 e. The van der Waals surface area contributed by atoms with E-state index in [-0.39, 0.29) is 11.6 Å². The zero-order chi connectivity index (χ0) is 12.1. The van der Waals surface area contributed by atoms with Crippen LogP contribution in [0.2, 0.25) is 0 Å². The Balaban J connectivity index is 4.85. The molecule has 4 heteroatoms. The van der Waals surface area contributed by atoms with Gasteiger partial charge >= 0.3 is 6.03 Å². The normalized spacial score (nSPS) is 14.5. The summed E-state index contributed by atoms with van der Waals surface area (Å²) < 4.78 is 0. The molecule has 0 spiro atoms. The molecule has 0 heterocycles. The fourth-order valence-electron chi connectivity index (χ4n) is 1.51. The summed E-state index contributed by atoms with van der Waals surface area (Å²) in [4.78, 5) is 15.5. The van der Waals surface area contributed by atoms with Crippen molar-refractivity contribution < 1.29 is 4.79 Å². The molecule has 90 valence electrons. The van der Waals surface area contributed by atoms with Crippen LogP contribution in [0.3, 0.4) is 0 Å². The summed E-state index contributed by atoms with van der Waals surface area (Å²) in [6, 6.07) is 0.0478. The minimum Gasteiger partial charge on any atom is -0.331 e. The van der Waals surface area contributed by atoms with Crippen molar-refractivity contribution in [1.82, 2.24) is 9.80 Å². The zero-order valence-electron chi connectivity index (χ0n) is 10.7. The number of nitrogens with zero attached hydrogens (tertiary/aromatic N) is 2. The summed E-state index contributed by atoms with van der Waals surface area (Å²) in [5.41, 5.74) is 5.55. The van der Waals surface area contributed by atoms with E-state index < -0.39 is 0 Å². The number of rotatable bonds is 5. The molecule has 15 heavy (non-hydrogen) atoms. The monoisotopic (exact) mass is 215 g/mol. The molecule has 0 saturated carbocycles. The first-order valence-corrected chi connectivity index (χ1v) is 5.62. The second-order valence-corrected chi connectivity index (χ2v) is 4.38. The summed E-state index contributed by atoms with van der Waals surface area (Å²) in [7, 11) is 3.55. The largest absolute Gasteiger partial charge is 0.331 e. The van der Waals surface area contributed by atoms with Gasteiger partial charge in [-0.2, -0.15) is 0 Å². The number of carbonyl (C=O) groups is 1. The molecule has 0 rings (SSSR count). The molecule has 0 radical (unpaired) electrons. The summed E-state index contributed by atoms with van der Waals surface area (Å²) in [5.74, 6) is 0. The third-order valence-corrected chi connectivity index (χ3v) is 2.91. The second-order valence-electron chi connectivity index (χ2n) is 4.38. The number of nitrogens with two attached hydrogens (primary N) is 1. The van der Waals surface area contributed by atoms with Crippen LogP contribution >= 0.6 is 0 Å². The van der Waals surface area contributed by atoms with Crippen molar-refractivity contribution >= 4 is 6.03 Å². The Morgan fingerprint density at radius 2 is 1.87 bits per heavy atom. The highest BCUT2D eigenvalue weighted by molar-refractivity contribution is 5.74. The average Bonchev–Trinajstić information content (AvgIpc) is 2.23. The predicted molar refractivity (Wildman–Crippen MR) is 63.8 cm³/mol. The highest BCUT2D eigenvalue weighted by atomic mass is 16.2. The van der Waals surface area contributed by atoms with Crippen molar-refractivity contribution in [2.75, 3.05) is 27.2 Å². The molecule has 0 aromatic heterocycles. The van der Waals surface area contributed by atoms with Crippen molar-refractivity contribution in [1.29, 1.82) is 0 Å². The standard InChI is InChI=1S/C11H25N3O/c1-6-8-14(10(15)13(4)5)11(3,7-2)9-12/h6-9,12H2,1-5H3. The Kier molecular flexibility index (Phi) is 5.65. The SMILES string of the molecule is CCCN(C(=O)N(C)C)C(C)(CC)CN. The number of hydrogen-bond acceptors (Lipinski definition) is 2. The number of hydrogen-bond donors (Lipinski definition) is 1. The van der Waals surface area contributed by atoms with Crippen LogP contribution < -0.4 is 5.73 Å². The minimum absolute atomic E-state index is 0.0478. The molecule has 2 N–H and O–H groups in total. The van der Waals surface area contributed by atoms with Crippen LogP contribution in [0.1, 0.15) is 33.6 Å². The van der Waals surface area contributed by atoms with Gasteiger partial charge in [-0.1, -0.05) is 13.8 Å². The van der Waals surface area contributed by atoms with Crippen molar-refractivity contribution in [3.8, 4) is 0 Å². The predicted octanol–water partition coefficient (Wildman–Crippen LogP) is 1.51. The van der Waals surface area contributed by atoms with E-state index in [4.69, 9.17) is 5.73 Å². The maximum Gasteiger partial charge on any atom is 0.319 e. The molecule has 2 amide bonds. The van der Waals surface area contributed by atoms with Gasteiger partial charge in [-0.15, -0.1) is 0 Å². The third kappa shape index (κ3) is 3.38. The topological polar surface area (TPSA) is 49.6 Å². The quantitative estimate of drug-likeness (QED) is 0.755. The summed E-state index contributed by atoms with van der Waals surface area (Å²) in [6.45, 7) is 7.45. The van der Waals surface area contributed by atoms with Crippen molar-refractivity contribution in [2.45, 2.75) is 39.2 Å². The van der Waals surface area contributed by atoms with E-state index in [1.807, 2.05) is 11.8 Å². The Bertz CT molecular complexity index is 200. The van der Waals surface area contributed by atoms with E-state index in [1.54, 1.807) is 19.0 Å². The van der Waals surface area contributed by atoms with Crippen LogP contribution in [0.5, 0.6) is 0 Å². The lowest BCUT2D eigenvalue weighted by Gasteiger charge is -2.41. The highest BCUT2D eigenvalue weighted by Crippen LogP contribution is 2.19. The number of carbonyl (C=O) groups excluding carboxylic acids is 1. The molecule has 0 fully saturated rings. The molecule has 0 aliphatic heterocycles. The van der Waals surface area contributed by atoms with Gasteiger partial charge in [0, 0.05) is 27.2 Å². The summed E-state index contributed by atoms with van der Waals surface area (Å²) in [6.07, 6.45) is 1.83. The minimum atomic E-state index is -0.225. The molecule has 0 aromatic carbocycles. The van der Waals surface area contributed by atoms with Gasteiger partial charge in [-0.3, -0.25) is 0 Å². The van der Waals surface area contributed by atoms with E-state index in [1.165, 1.54) is 0 Å². The molecule has 1 atom stereocenters. The first-order chi connectivity index (χ1) is 6.92. The fraction of sp³-hybridized carbons (Fsp3) is 0.909. The first kappa shape index (κ1) is 14.2. The highest BCUT2D eigenvalue weighted by Gasteiger charge is 2.32. The first-order valence-electron chi connectivity index (χ1n) is 5.62. The van der Waals surface area contributed by atoms with Crippen LogP contribution in [-0.2, 0) is 0 Å². The van der Waals surface area contributed by atoms with Gasteiger partial charge in [0.15, 0.2) is 0 Å². The van der Waals surface area contributed by atoms with Gasteiger partial charge in [-0.25, -0.2) is 4.79 Å². The van der Waals surface area contributed by atoms with Crippen LogP contribution in [0.15, 0.2) is 0 Å². The van der Waals surface area contributed by atoms with Gasteiger partial charge in [0.25, 0.3) is 0 Å². The van der Waals surface area contributed by atoms with Crippen LogP contribution in [0.4, 0.5) is 4.79 Å². The van der Waals surface area contributed by atoms with Crippen molar-refractivity contribution in [3.05, 3.63) is 0 Å². The van der Waals surface area contributed by atoms with Gasteiger partial charge in [0.1, 0.15) is 0 Å². The summed E-state index contributed by atoms with van der Waals surface area (Å²) >= 11 is 0. The second kappa shape index (κ2) is 5.95. The Morgan fingerprint density at radius 1 is 1.33 bits per heavy atom. The average molecular weight is 215 g/mol. The van der Waals surface area contributed by atoms with Crippen molar-refractivity contribution in [3.63, 3.8) is 0 Å². The molecular weight excluding hydrogens is 190 g/mol. The molecular formula is C11H25N3O. The van der Waals surface area contributed by atoms with E-state index in [2.05, 4.69) is 13.8 Å². The lowest BCUT2D eigenvalue weighted by molar-refractivity contribution is 0.105. The summed E-state index contributed by atoms with van der Waals surface area (Å²) in [5, 5.41) is 0. The lowest BCUT2D eigenvalue weighted by Crippen LogP contribution is -2.56. The fourth-order valence-corrected chi connectivity index (χ4v) is 1.51. The third-order valence-electron chi connectivity index (χ3n) is 2.91. The van der Waals surface area contributed by atoms with Gasteiger partial charge < -0.3 is 15.5 Å². The number of amides is 2. The maximum absolute atomic E-state index is 12.0. The van der Waals surface area contributed by atoms with E-state index in [0.29, 0.717) is 6.54 Å². The molecule has 1 unspecified atom stereocenters. The van der Waals surface area contributed by atoms with Crippen LogP contribution in [0.25, 0.3) is 0 Å². The molecule has 0 bridgehead atoms. The van der Waals surface area contributed by atoms with E-state index in [0.717, 1.165) is 19.4 Å². The van der Waals surface area contributed by atoms with E-state index in [9.17, 15) is 4.79 Å². The van der Waals surface area contributed by atoms with Crippen LogP contribution in [-0.4, -0.2) is 48.6 Å². The molecule has 0 aromatic rings. The lowest BCUT2D eigenvalue weighted by atomic mass is 9.96. The molecule has 0 saturated heterocycles. The van der Waals surface area contributed by atoms with Crippen LogP contribution in [0, 0.1) is 0 Å². The maximum atomic E-state index is 12.0. The Morgan fingerprint density at radius 3 is 2.13 bits per heavy atom. The molecule has 0 aliphatic carbocycles. The van der Waals surface area contributed by atoms with Crippen molar-refractivity contribution in [2.24, 2.45) is 5.73 Å². The van der Waals surface area contributed by atoms with E-state index >= 15 is 0 Å². The zero-order valence-corrected chi connectivity index (χ0v) is 10.7. The van der Waals surface area contributed by atoms with Gasteiger partial charge in [0.05, 0.1) is 5.54 Å². The molecule has 0 aliphatic rings. The van der Waals surface area contributed by atoms with Gasteiger partial charge in [0.2, 0.25) is 0 Å². The van der Waals surface area contributed by atoms with Gasteiger partial charge in [-0.05, 0) is 19.8 Å². The Hall–Kier alpha value is -0.770. The Labute approximate surface area is 93.4 Å². The number of urea groups is 1. The molecule has 4 nitrogen and oxygen atoms in total.